The molecular weight excluding hydrogens is 190 g/mol. The summed E-state index contributed by atoms with van der Waals surface area (Å²) in [7, 11) is 2.03. The molecule has 0 radical (unpaired) electrons. The van der Waals surface area contributed by atoms with Crippen molar-refractivity contribution in [3.8, 4) is 0 Å². The van der Waals surface area contributed by atoms with Crippen LogP contribution in [0, 0.1) is 5.41 Å². The topological polar surface area (TPSA) is 29.5 Å². The Kier molecular flexibility index (Phi) is 4.78. The second kappa shape index (κ2) is 4.97. The van der Waals surface area contributed by atoms with Crippen LogP contribution < -0.4 is 0 Å². The standard InChI is InChI=1S/C12H25NO2/c1-11(2,3)10(14)15-9-8-13(7)12(4,5)6/h8-9H2,1-7H3. The first-order valence-electron chi connectivity index (χ1n) is 5.43. The number of hydrogen-bond acceptors (Lipinski definition) is 3. The van der Waals surface area contributed by atoms with Gasteiger partial charge in [0.2, 0.25) is 0 Å². The van der Waals surface area contributed by atoms with E-state index in [1.807, 2.05) is 27.8 Å². The molecule has 0 bridgehead atoms. The van der Waals surface area contributed by atoms with Crippen molar-refractivity contribution in [3.05, 3.63) is 0 Å². The van der Waals surface area contributed by atoms with E-state index in [-0.39, 0.29) is 11.5 Å². The predicted molar refractivity (Wildman–Crippen MR) is 62.8 cm³/mol. The Morgan fingerprint density at radius 2 is 1.60 bits per heavy atom. The molecule has 0 saturated carbocycles. The molecule has 0 heterocycles. The Morgan fingerprint density at radius 1 is 1.13 bits per heavy atom. The summed E-state index contributed by atoms with van der Waals surface area (Å²) >= 11 is 0. The minimum Gasteiger partial charge on any atom is -0.464 e. The van der Waals surface area contributed by atoms with Gasteiger partial charge >= 0.3 is 5.97 Å². The summed E-state index contributed by atoms with van der Waals surface area (Å²) in [4.78, 5) is 13.6. The molecule has 15 heavy (non-hydrogen) atoms. The van der Waals surface area contributed by atoms with E-state index < -0.39 is 5.41 Å². The zero-order chi connectivity index (χ0) is 12.3. The minimum absolute atomic E-state index is 0.119. The molecule has 0 atom stereocenters. The fraction of sp³-hybridized carbons (Fsp3) is 0.917. The Balaban J connectivity index is 3.87. The highest BCUT2D eigenvalue weighted by atomic mass is 16.5. The number of carbonyl (C=O) groups excluding carboxylic acids is 1. The van der Waals surface area contributed by atoms with Crippen molar-refractivity contribution in [2.45, 2.75) is 47.1 Å². The molecule has 3 heteroatoms. The summed E-state index contributed by atoms with van der Waals surface area (Å²) in [6, 6.07) is 0. The molecule has 0 aliphatic rings. The van der Waals surface area contributed by atoms with Crippen molar-refractivity contribution in [2.75, 3.05) is 20.2 Å². The van der Waals surface area contributed by atoms with E-state index >= 15 is 0 Å². The first-order valence-corrected chi connectivity index (χ1v) is 5.43. The maximum Gasteiger partial charge on any atom is 0.311 e. The van der Waals surface area contributed by atoms with Gasteiger partial charge in [-0.3, -0.25) is 9.69 Å². The Morgan fingerprint density at radius 3 is 1.93 bits per heavy atom. The van der Waals surface area contributed by atoms with Crippen LogP contribution in [0.2, 0.25) is 0 Å². The molecular formula is C12H25NO2. The molecule has 0 saturated heterocycles. The summed E-state index contributed by atoms with van der Waals surface area (Å²) in [5.74, 6) is -0.134. The highest BCUT2D eigenvalue weighted by molar-refractivity contribution is 5.75. The molecule has 0 fully saturated rings. The number of nitrogens with zero attached hydrogens (tertiary/aromatic N) is 1. The van der Waals surface area contributed by atoms with Gasteiger partial charge in [-0.1, -0.05) is 0 Å². The van der Waals surface area contributed by atoms with E-state index in [1.54, 1.807) is 0 Å². The van der Waals surface area contributed by atoms with Crippen LogP contribution in [-0.2, 0) is 9.53 Å². The second-order valence-corrected chi connectivity index (χ2v) is 5.98. The molecule has 0 aliphatic carbocycles. The molecule has 3 nitrogen and oxygen atoms in total. The average Bonchev–Trinajstić information content (AvgIpc) is 2.00. The number of likely N-dealkylation sites (N-methyl/N-ethyl adjacent to an activating group) is 1. The molecule has 0 spiro atoms. The number of esters is 1. The van der Waals surface area contributed by atoms with Gasteiger partial charge in [0.05, 0.1) is 5.41 Å². The lowest BCUT2D eigenvalue weighted by Gasteiger charge is -2.31. The van der Waals surface area contributed by atoms with Crippen molar-refractivity contribution in [2.24, 2.45) is 5.41 Å². The lowest BCUT2D eigenvalue weighted by atomic mass is 9.97. The van der Waals surface area contributed by atoms with E-state index in [0.29, 0.717) is 6.61 Å². The van der Waals surface area contributed by atoms with Gasteiger partial charge in [-0.25, -0.2) is 0 Å². The summed E-state index contributed by atoms with van der Waals surface area (Å²) in [5.41, 5.74) is -0.283. The number of carbonyl (C=O) groups is 1. The second-order valence-electron chi connectivity index (χ2n) is 5.98. The fourth-order valence-corrected chi connectivity index (χ4v) is 0.827. The molecule has 0 unspecified atom stereocenters. The van der Waals surface area contributed by atoms with Gasteiger partial charge in [0.25, 0.3) is 0 Å². The molecule has 0 N–H and O–H groups in total. The van der Waals surface area contributed by atoms with Gasteiger partial charge < -0.3 is 4.74 Å². The summed E-state index contributed by atoms with van der Waals surface area (Å²) in [6.07, 6.45) is 0. The Labute approximate surface area is 93.8 Å². The van der Waals surface area contributed by atoms with Gasteiger partial charge in [0, 0.05) is 12.1 Å². The number of ether oxygens (including phenoxy) is 1. The smallest absolute Gasteiger partial charge is 0.311 e. The van der Waals surface area contributed by atoms with Crippen molar-refractivity contribution >= 4 is 5.97 Å². The Hall–Kier alpha value is -0.570. The van der Waals surface area contributed by atoms with Gasteiger partial charge in [-0.15, -0.1) is 0 Å². The van der Waals surface area contributed by atoms with Crippen LogP contribution in [0.1, 0.15) is 41.5 Å². The van der Waals surface area contributed by atoms with E-state index in [2.05, 4.69) is 25.7 Å². The molecule has 0 aromatic carbocycles. The molecule has 0 amide bonds. The van der Waals surface area contributed by atoms with Crippen LogP contribution in [0.5, 0.6) is 0 Å². The van der Waals surface area contributed by atoms with Gasteiger partial charge in [0.1, 0.15) is 6.61 Å². The summed E-state index contributed by atoms with van der Waals surface area (Å²) in [5, 5.41) is 0. The van der Waals surface area contributed by atoms with Gasteiger partial charge in [-0.2, -0.15) is 0 Å². The largest absolute Gasteiger partial charge is 0.464 e. The van der Waals surface area contributed by atoms with Crippen LogP contribution in [0.15, 0.2) is 0 Å². The zero-order valence-electron chi connectivity index (χ0n) is 11.2. The lowest BCUT2D eigenvalue weighted by Crippen LogP contribution is -2.40. The van der Waals surface area contributed by atoms with Crippen molar-refractivity contribution in [3.63, 3.8) is 0 Å². The fourth-order valence-electron chi connectivity index (χ4n) is 0.827. The van der Waals surface area contributed by atoms with Crippen molar-refractivity contribution in [1.82, 2.24) is 4.90 Å². The third-order valence-corrected chi connectivity index (χ3v) is 2.42. The van der Waals surface area contributed by atoms with Crippen LogP contribution >= 0.6 is 0 Å². The monoisotopic (exact) mass is 215 g/mol. The predicted octanol–water partition coefficient (Wildman–Crippen LogP) is 2.31. The minimum atomic E-state index is -0.402. The SMILES string of the molecule is CN(CCOC(=O)C(C)(C)C)C(C)(C)C. The number of hydrogen-bond donors (Lipinski definition) is 0. The molecule has 90 valence electrons. The van der Waals surface area contributed by atoms with E-state index in [4.69, 9.17) is 4.74 Å². The number of rotatable bonds is 3. The first kappa shape index (κ1) is 14.4. The highest BCUT2D eigenvalue weighted by Crippen LogP contribution is 2.15. The van der Waals surface area contributed by atoms with Gasteiger partial charge in [0.15, 0.2) is 0 Å². The normalized spacial score (nSPS) is 13.1. The molecule has 0 aliphatic heterocycles. The maximum atomic E-state index is 11.5. The molecule has 0 aromatic rings. The molecule has 0 aromatic heterocycles. The quantitative estimate of drug-likeness (QED) is 0.677. The van der Waals surface area contributed by atoms with Crippen LogP contribution in [0.25, 0.3) is 0 Å². The Bertz CT molecular complexity index is 211. The first-order chi connectivity index (χ1) is 6.55. The third-order valence-electron chi connectivity index (χ3n) is 2.42. The van der Waals surface area contributed by atoms with Crippen LogP contribution in [0.4, 0.5) is 0 Å². The van der Waals surface area contributed by atoms with Crippen molar-refractivity contribution < 1.29 is 9.53 Å². The average molecular weight is 215 g/mol. The molecule has 0 rings (SSSR count). The lowest BCUT2D eigenvalue weighted by molar-refractivity contribution is -0.153. The maximum absolute atomic E-state index is 11.5. The van der Waals surface area contributed by atoms with Crippen molar-refractivity contribution in [1.29, 1.82) is 0 Å². The zero-order valence-corrected chi connectivity index (χ0v) is 11.2. The van der Waals surface area contributed by atoms with Crippen LogP contribution in [0.3, 0.4) is 0 Å². The van der Waals surface area contributed by atoms with Crippen LogP contribution in [-0.4, -0.2) is 36.6 Å². The summed E-state index contributed by atoms with van der Waals surface area (Å²) < 4.78 is 5.19. The highest BCUT2D eigenvalue weighted by Gasteiger charge is 2.23. The summed E-state index contributed by atoms with van der Waals surface area (Å²) in [6.45, 7) is 13.2. The van der Waals surface area contributed by atoms with Gasteiger partial charge in [-0.05, 0) is 48.6 Å². The van der Waals surface area contributed by atoms with E-state index in [9.17, 15) is 4.79 Å². The van der Waals surface area contributed by atoms with E-state index in [1.165, 1.54) is 0 Å². The van der Waals surface area contributed by atoms with E-state index in [0.717, 1.165) is 6.54 Å². The third kappa shape index (κ3) is 5.78.